The molecular formula is C16H19ClN2O. The predicted molar refractivity (Wildman–Crippen MR) is 83.5 cm³/mol. The summed E-state index contributed by atoms with van der Waals surface area (Å²) < 4.78 is 0. The van der Waals surface area contributed by atoms with E-state index in [1.807, 2.05) is 12.1 Å². The van der Waals surface area contributed by atoms with Crippen molar-refractivity contribution >= 4 is 28.2 Å². The van der Waals surface area contributed by atoms with Crippen molar-refractivity contribution in [1.82, 2.24) is 4.98 Å². The third-order valence-electron chi connectivity index (χ3n) is 4.18. The molecule has 2 atom stereocenters. The summed E-state index contributed by atoms with van der Waals surface area (Å²) in [6.07, 6.45) is 6.62. The number of aromatic hydroxyl groups is 1. The van der Waals surface area contributed by atoms with Crippen LogP contribution in [0.1, 0.15) is 25.7 Å². The Morgan fingerprint density at radius 3 is 2.95 bits per heavy atom. The summed E-state index contributed by atoms with van der Waals surface area (Å²) in [6, 6.07) is 7.72. The van der Waals surface area contributed by atoms with Crippen LogP contribution in [0, 0.1) is 5.92 Å². The van der Waals surface area contributed by atoms with Crippen molar-refractivity contribution in [2.24, 2.45) is 5.92 Å². The van der Waals surface area contributed by atoms with Crippen LogP contribution < -0.4 is 5.32 Å². The highest BCUT2D eigenvalue weighted by Crippen LogP contribution is 2.31. The number of fused-ring (bicyclic) bond motifs is 1. The fraction of sp³-hybridized carbons (Fsp3) is 0.438. The molecular weight excluding hydrogens is 272 g/mol. The summed E-state index contributed by atoms with van der Waals surface area (Å²) in [6.45, 7) is 0. The second kappa shape index (κ2) is 5.88. The number of halogens is 1. The summed E-state index contributed by atoms with van der Waals surface area (Å²) in [5, 5.41) is 15.3. The molecule has 20 heavy (non-hydrogen) atoms. The maximum Gasteiger partial charge on any atom is 0.134 e. The number of hydrogen-bond acceptors (Lipinski definition) is 3. The second-order valence-electron chi connectivity index (χ2n) is 5.51. The Balaban J connectivity index is 1.91. The minimum atomic E-state index is 0.270. The first-order valence-corrected chi connectivity index (χ1v) is 7.71. The molecule has 1 saturated carbocycles. The van der Waals surface area contributed by atoms with Gasteiger partial charge in [0.25, 0.3) is 0 Å². The Bertz CT molecular complexity index is 602. The van der Waals surface area contributed by atoms with E-state index in [9.17, 15) is 5.11 Å². The lowest BCUT2D eigenvalue weighted by atomic mass is 9.85. The van der Waals surface area contributed by atoms with E-state index in [1.165, 1.54) is 19.3 Å². The molecule has 0 bridgehead atoms. The van der Waals surface area contributed by atoms with Gasteiger partial charge in [-0.25, -0.2) is 4.98 Å². The lowest BCUT2D eigenvalue weighted by Gasteiger charge is -2.31. The molecule has 0 radical (unpaired) electrons. The summed E-state index contributed by atoms with van der Waals surface area (Å²) >= 11 is 6.08. The topological polar surface area (TPSA) is 45.2 Å². The van der Waals surface area contributed by atoms with Gasteiger partial charge in [-0.2, -0.15) is 0 Å². The molecule has 0 aliphatic heterocycles. The zero-order chi connectivity index (χ0) is 13.9. The van der Waals surface area contributed by atoms with Gasteiger partial charge < -0.3 is 10.4 Å². The molecule has 106 valence electrons. The van der Waals surface area contributed by atoms with Crippen LogP contribution in [0.2, 0.25) is 0 Å². The van der Waals surface area contributed by atoms with Crippen LogP contribution in [0.4, 0.5) is 5.82 Å². The number of alkyl halides is 1. The number of hydrogen-bond donors (Lipinski definition) is 2. The Morgan fingerprint density at radius 2 is 2.10 bits per heavy atom. The van der Waals surface area contributed by atoms with E-state index in [0.717, 1.165) is 23.0 Å². The van der Waals surface area contributed by atoms with Gasteiger partial charge in [-0.3, -0.25) is 0 Å². The van der Waals surface area contributed by atoms with Crippen LogP contribution in [0.15, 0.2) is 30.5 Å². The first-order chi connectivity index (χ1) is 9.78. The molecule has 0 spiro atoms. The standard InChI is InChI=1S/C16H19ClN2O/c17-10-12-3-1-2-4-15(12)19-16-14-9-13(20)6-5-11(14)7-8-18-16/h5-9,12,15,20H,1-4,10H2,(H,18,19). The van der Waals surface area contributed by atoms with Crippen molar-refractivity contribution in [1.29, 1.82) is 0 Å². The number of phenols is 1. The van der Waals surface area contributed by atoms with Crippen LogP contribution in [-0.4, -0.2) is 22.0 Å². The monoisotopic (exact) mass is 290 g/mol. The van der Waals surface area contributed by atoms with Gasteiger partial charge in [0.1, 0.15) is 11.6 Å². The molecule has 2 aromatic rings. The molecule has 3 rings (SSSR count). The number of nitrogens with one attached hydrogen (secondary N) is 1. The van der Waals surface area contributed by atoms with E-state index < -0.39 is 0 Å². The van der Waals surface area contributed by atoms with E-state index in [1.54, 1.807) is 18.3 Å². The lowest BCUT2D eigenvalue weighted by Crippen LogP contribution is -2.33. The second-order valence-corrected chi connectivity index (χ2v) is 5.82. The van der Waals surface area contributed by atoms with Crippen LogP contribution in [0.3, 0.4) is 0 Å². The van der Waals surface area contributed by atoms with Gasteiger partial charge in [0.15, 0.2) is 0 Å². The van der Waals surface area contributed by atoms with Crippen molar-refractivity contribution in [3.05, 3.63) is 30.5 Å². The zero-order valence-electron chi connectivity index (χ0n) is 11.3. The molecule has 1 heterocycles. The van der Waals surface area contributed by atoms with E-state index in [-0.39, 0.29) is 5.75 Å². The van der Waals surface area contributed by atoms with E-state index in [0.29, 0.717) is 17.8 Å². The van der Waals surface area contributed by atoms with Crippen molar-refractivity contribution in [3.63, 3.8) is 0 Å². The smallest absolute Gasteiger partial charge is 0.134 e. The minimum Gasteiger partial charge on any atom is -0.508 e. The zero-order valence-corrected chi connectivity index (χ0v) is 12.1. The molecule has 1 aromatic carbocycles. The first kappa shape index (κ1) is 13.5. The van der Waals surface area contributed by atoms with Gasteiger partial charge in [0.05, 0.1) is 0 Å². The highest BCUT2D eigenvalue weighted by molar-refractivity contribution is 6.18. The maximum absolute atomic E-state index is 9.68. The van der Waals surface area contributed by atoms with Crippen molar-refractivity contribution < 1.29 is 5.11 Å². The van der Waals surface area contributed by atoms with Crippen LogP contribution >= 0.6 is 11.6 Å². The molecule has 0 saturated heterocycles. The average molecular weight is 291 g/mol. The molecule has 1 aliphatic carbocycles. The molecule has 0 amide bonds. The fourth-order valence-corrected chi connectivity index (χ4v) is 3.40. The number of nitrogens with zero attached hydrogens (tertiary/aromatic N) is 1. The summed E-state index contributed by atoms with van der Waals surface area (Å²) in [7, 11) is 0. The van der Waals surface area contributed by atoms with Gasteiger partial charge in [0, 0.05) is 23.5 Å². The summed E-state index contributed by atoms with van der Waals surface area (Å²) in [4.78, 5) is 4.45. The third kappa shape index (κ3) is 2.68. The van der Waals surface area contributed by atoms with Gasteiger partial charge in [-0.1, -0.05) is 18.9 Å². The molecule has 4 heteroatoms. The van der Waals surface area contributed by atoms with Crippen LogP contribution in [0.5, 0.6) is 5.75 Å². The molecule has 2 unspecified atom stereocenters. The summed E-state index contributed by atoms with van der Waals surface area (Å²) in [5.41, 5.74) is 0. The van der Waals surface area contributed by atoms with E-state index in [4.69, 9.17) is 11.6 Å². The largest absolute Gasteiger partial charge is 0.508 e. The number of aromatic nitrogens is 1. The Kier molecular flexibility index (Phi) is 3.97. The lowest BCUT2D eigenvalue weighted by molar-refractivity contribution is 0.353. The van der Waals surface area contributed by atoms with Crippen LogP contribution in [0.25, 0.3) is 10.8 Å². The Labute approximate surface area is 124 Å². The molecule has 1 aliphatic rings. The quantitative estimate of drug-likeness (QED) is 0.835. The van der Waals surface area contributed by atoms with Crippen molar-refractivity contribution in [3.8, 4) is 5.75 Å². The summed E-state index contributed by atoms with van der Waals surface area (Å²) in [5.74, 6) is 2.31. The SMILES string of the molecule is Oc1ccc2ccnc(NC3CCCCC3CCl)c2c1. The van der Waals surface area contributed by atoms with E-state index >= 15 is 0 Å². The molecule has 3 nitrogen and oxygen atoms in total. The molecule has 2 N–H and O–H groups in total. The highest BCUT2D eigenvalue weighted by atomic mass is 35.5. The number of anilines is 1. The third-order valence-corrected chi connectivity index (χ3v) is 4.58. The number of rotatable bonds is 3. The number of benzene rings is 1. The highest BCUT2D eigenvalue weighted by Gasteiger charge is 2.24. The maximum atomic E-state index is 9.68. The first-order valence-electron chi connectivity index (χ1n) is 7.18. The minimum absolute atomic E-state index is 0.270. The fourth-order valence-electron chi connectivity index (χ4n) is 3.03. The molecule has 1 fully saturated rings. The normalized spacial score (nSPS) is 22.9. The number of pyridine rings is 1. The van der Waals surface area contributed by atoms with Crippen molar-refractivity contribution in [2.75, 3.05) is 11.2 Å². The van der Waals surface area contributed by atoms with Crippen molar-refractivity contribution in [2.45, 2.75) is 31.7 Å². The van der Waals surface area contributed by atoms with Gasteiger partial charge in [-0.05, 0) is 42.3 Å². The molecule has 1 aromatic heterocycles. The van der Waals surface area contributed by atoms with Gasteiger partial charge in [0.2, 0.25) is 0 Å². The Morgan fingerprint density at radius 1 is 1.25 bits per heavy atom. The average Bonchev–Trinajstić information content (AvgIpc) is 2.48. The van der Waals surface area contributed by atoms with E-state index in [2.05, 4.69) is 10.3 Å². The van der Waals surface area contributed by atoms with Gasteiger partial charge >= 0.3 is 0 Å². The van der Waals surface area contributed by atoms with Crippen LogP contribution in [-0.2, 0) is 0 Å². The van der Waals surface area contributed by atoms with Gasteiger partial charge in [-0.15, -0.1) is 11.6 Å². The number of phenolic OH excluding ortho intramolecular Hbond substituents is 1. The predicted octanol–water partition coefficient (Wildman–Crippen LogP) is 4.15. The Hall–Kier alpha value is -1.48.